The van der Waals surface area contributed by atoms with E-state index in [0.29, 0.717) is 6.54 Å². The van der Waals surface area contributed by atoms with E-state index in [1.54, 1.807) is 0 Å². The predicted molar refractivity (Wildman–Crippen MR) is 154 cm³/mol. The predicted octanol–water partition coefficient (Wildman–Crippen LogP) is 5.83. The van der Waals surface area contributed by atoms with E-state index >= 15 is 0 Å². The Hall–Kier alpha value is -3.32. The second kappa shape index (κ2) is 10.8. The summed E-state index contributed by atoms with van der Waals surface area (Å²) in [7, 11) is -1.19. The zero-order valence-corrected chi connectivity index (χ0v) is 23.0. The molecule has 0 saturated carbocycles. The summed E-state index contributed by atoms with van der Waals surface area (Å²) in [5.74, 6) is 0. The minimum Gasteiger partial charge on any atom is -0.333 e. The van der Waals surface area contributed by atoms with Gasteiger partial charge >= 0.3 is 0 Å². The number of piperazine rings is 1. The Balaban J connectivity index is 1.18. The van der Waals surface area contributed by atoms with Crippen LogP contribution in [0.4, 0.5) is 11.4 Å². The maximum Gasteiger partial charge on any atom is 0.0892 e. The minimum absolute atomic E-state index is 0.643. The number of aryl methyl sites for hydroxylation is 1. The van der Waals surface area contributed by atoms with Crippen molar-refractivity contribution in [2.75, 3.05) is 31.1 Å². The Morgan fingerprint density at radius 3 is 2.11 bits per heavy atom. The third-order valence-electron chi connectivity index (χ3n) is 7.77. The van der Waals surface area contributed by atoms with E-state index < -0.39 is 10.8 Å². The highest BCUT2D eigenvalue weighted by atomic mass is 32.2. The maximum atomic E-state index is 13.4. The van der Waals surface area contributed by atoms with Crippen molar-refractivity contribution in [1.82, 2.24) is 14.8 Å². The highest BCUT2D eigenvalue weighted by molar-refractivity contribution is 7.85. The van der Waals surface area contributed by atoms with Gasteiger partial charge in [-0.15, -0.1) is 0 Å². The summed E-state index contributed by atoms with van der Waals surface area (Å²) in [4.78, 5) is 14.2. The second-order valence-corrected chi connectivity index (χ2v) is 11.8. The van der Waals surface area contributed by atoms with Crippen molar-refractivity contribution in [2.45, 2.75) is 43.3 Å². The fourth-order valence-corrected chi connectivity index (χ4v) is 6.98. The van der Waals surface area contributed by atoms with Crippen LogP contribution in [0.2, 0.25) is 0 Å². The number of hydrogen-bond acceptors (Lipinski definition) is 5. The molecule has 0 radical (unpaired) electrons. The van der Waals surface area contributed by atoms with Crippen LogP contribution in [-0.4, -0.2) is 45.2 Å². The lowest BCUT2D eigenvalue weighted by molar-refractivity contribution is 0.121. The van der Waals surface area contributed by atoms with E-state index in [2.05, 4.69) is 89.2 Å². The van der Waals surface area contributed by atoms with Crippen LogP contribution in [0.3, 0.4) is 0 Å². The Bertz CT molecular complexity index is 1460. The van der Waals surface area contributed by atoms with Crippen LogP contribution in [0.25, 0.3) is 0 Å². The smallest absolute Gasteiger partial charge is 0.0892 e. The molecule has 0 spiro atoms. The van der Waals surface area contributed by atoms with Gasteiger partial charge in [-0.1, -0.05) is 54.6 Å². The van der Waals surface area contributed by atoms with Crippen LogP contribution in [-0.2, 0) is 30.4 Å². The van der Waals surface area contributed by atoms with E-state index in [1.807, 2.05) is 24.3 Å². The van der Waals surface area contributed by atoms with Gasteiger partial charge in [0.15, 0.2) is 0 Å². The molecule has 194 valence electrons. The number of hydrogen-bond donors (Lipinski definition) is 0. The molecule has 2 aliphatic heterocycles. The van der Waals surface area contributed by atoms with Crippen molar-refractivity contribution in [3.63, 3.8) is 0 Å². The molecule has 1 aromatic heterocycles. The zero-order valence-electron chi connectivity index (χ0n) is 22.1. The molecule has 0 aliphatic carbocycles. The molecule has 0 bridgehead atoms. The molecule has 3 aromatic carbocycles. The van der Waals surface area contributed by atoms with Gasteiger partial charge in [-0.3, -0.25) is 14.8 Å². The fourth-order valence-electron chi connectivity index (χ4n) is 5.54. The quantitative estimate of drug-likeness (QED) is 0.318. The monoisotopic (exact) mass is 522 g/mol. The van der Waals surface area contributed by atoms with Gasteiger partial charge in [0, 0.05) is 39.3 Å². The van der Waals surface area contributed by atoms with Gasteiger partial charge in [0.05, 0.1) is 49.9 Å². The first-order valence-electron chi connectivity index (χ1n) is 13.4. The van der Waals surface area contributed by atoms with E-state index in [1.165, 1.54) is 16.7 Å². The van der Waals surface area contributed by atoms with Crippen molar-refractivity contribution >= 4 is 22.2 Å². The standard InChI is InChI=1S/C32H34N4OS/c1-24-15-16-31-32(25(24)2)36(29-13-6-7-14-30(29)38(31)37)23-28-12-8-11-27(33-28)22-35-19-17-34(18-20-35)21-26-9-4-3-5-10-26/h3-16H,17-23H2,1-2H3. The molecule has 4 aromatic rings. The van der Waals surface area contributed by atoms with Gasteiger partial charge in [0.25, 0.3) is 0 Å². The molecule has 3 heterocycles. The largest absolute Gasteiger partial charge is 0.333 e. The average Bonchev–Trinajstić information content (AvgIpc) is 2.95. The van der Waals surface area contributed by atoms with Gasteiger partial charge in [-0.2, -0.15) is 0 Å². The van der Waals surface area contributed by atoms with Gasteiger partial charge in [-0.25, -0.2) is 4.21 Å². The lowest BCUT2D eigenvalue weighted by Crippen LogP contribution is -2.45. The minimum atomic E-state index is -1.19. The second-order valence-electron chi connectivity index (χ2n) is 10.3. The first-order chi connectivity index (χ1) is 18.6. The molecule has 1 fully saturated rings. The molecule has 6 heteroatoms. The molecule has 6 rings (SSSR count). The lowest BCUT2D eigenvalue weighted by atomic mass is 10.1. The molecule has 1 unspecified atom stereocenters. The lowest BCUT2D eigenvalue weighted by Gasteiger charge is -2.35. The number of nitrogens with zero attached hydrogens (tertiary/aromatic N) is 4. The topological polar surface area (TPSA) is 39.7 Å². The Morgan fingerprint density at radius 2 is 1.34 bits per heavy atom. The van der Waals surface area contributed by atoms with Gasteiger partial charge in [-0.05, 0) is 60.9 Å². The number of para-hydroxylation sites is 1. The molecule has 1 saturated heterocycles. The highest BCUT2D eigenvalue weighted by Gasteiger charge is 2.30. The van der Waals surface area contributed by atoms with Gasteiger partial charge < -0.3 is 4.90 Å². The molecule has 5 nitrogen and oxygen atoms in total. The molecule has 38 heavy (non-hydrogen) atoms. The van der Waals surface area contributed by atoms with Crippen LogP contribution in [0.15, 0.2) is 94.7 Å². The summed E-state index contributed by atoms with van der Waals surface area (Å²) in [5, 5.41) is 0. The molecule has 2 aliphatic rings. The van der Waals surface area contributed by atoms with Crippen LogP contribution >= 0.6 is 0 Å². The summed E-state index contributed by atoms with van der Waals surface area (Å²) in [6.07, 6.45) is 0. The first-order valence-corrected chi connectivity index (χ1v) is 14.5. The van der Waals surface area contributed by atoms with E-state index in [4.69, 9.17) is 4.98 Å². The number of benzene rings is 3. The third-order valence-corrected chi connectivity index (χ3v) is 9.25. The number of pyridine rings is 1. The van der Waals surface area contributed by atoms with Crippen LogP contribution in [0, 0.1) is 13.8 Å². The van der Waals surface area contributed by atoms with Gasteiger partial charge in [0.2, 0.25) is 0 Å². The van der Waals surface area contributed by atoms with Crippen LogP contribution < -0.4 is 4.90 Å². The van der Waals surface area contributed by atoms with E-state index in [-0.39, 0.29) is 0 Å². The number of anilines is 2. The summed E-state index contributed by atoms with van der Waals surface area (Å²) in [6, 6.07) is 29.3. The zero-order chi connectivity index (χ0) is 26.1. The normalized spacial score (nSPS) is 17.7. The van der Waals surface area contributed by atoms with Crippen LogP contribution in [0.5, 0.6) is 0 Å². The Kier molecular flexibility index (Phi) is 7.11. The Labute approximate surface area is 228 Å². The first kappa shape index (κ1) is 25.0. The number of fused-ring (bicyclic) bond motifs is 2. The molecule has 0 amide bonds. The van der Waals surface area contributed by atoms with Crippen molar-refractivity contribution < 1.29 is 4.21 Å². The molecular weight excluding hydrogens is 488 g/mol. The van der Waals surface area contributed by atoms with Crippen molar-refractivity contribution in [1.29, 1.82) is 0 Å². The SMILES string of the molecule is Cc1ccc2c(c1C)N(Cc1cccc(CN3CCN(Cc4ccccc4)CC3)n1)c1ccccc1S2=O. The van der Waals surface area contributed by atoms with E-state index in [0.717, 1.165) is 71.8 Å². The highest BCUT2D eigenvalue weighted by Crippen LogP contribution is 2.45. The fraction of sp³-hybridized carbons (Fsp3) is 0.281. The molecular formula is C32H34N4OS. The summed E-state index contributed by atoms with van der Waals surface area (Å²) in [5.41, 5.74) is 7.96. The number of rotatable bonds is 6. The third kappa shape index (κ3) is 5.04. The average molecular weight is 523 g/mol. The van der Waals surface area contributed by atoms with Crippen LogP contribution in [0.1, 0.15) is 28.1 Å². The van der Waals surface area contributed by atoms with Crippen molar-refractivity contribution in [3.05, 3.63) is 113 Å². The summed E-state index contributed by atoms with van der Waals surface area (Å²) >= 11 is 0. The van der Waals surface area contributed by atoms with Crippen molar-refractivity contribution in [3.8, 4) is 0 Å². The molecule has 1 atom stereocenters. The maximum absolute atomic E-state index is 13.4. The molecule has 0 N–H and O–H groups in total. The summed E-state index contributed by atoms with van der Waals surface area (Å²) in [6.45, 7) is 11.0. The van der Waals surface area contributed by atoms with Crippen molar-refractivity contribution in [2.24, 2.45) is 0 Å². The summed E-state index contributed by atoms with van der Waals surface area (Å²) < 4.78 is 13.4. The van der Waals surface area contributed by atoms with Gasteiger partial charge in [0.1, 0.15) is 0 Å². The Morgan fingerprint density at radius 1 is 0.684 bits per heavy atom. The van der Waals surface area contributed by atoms with E-state index in [9.17, 15) is 4.21 Å². The number of aromatic nitrogens is 1.